The van der Waals surface area contributed by atoms with Crippen LogP contribution in [0.15, 0.2) is 0 Å². The second-order valence-corrected chi connectivity index (χ2v) is 14.3. The van der Waals surface area contributed by atoms with Crippen molar-refractivity contribution in [2.24, 2.45) is 23.3 Å². The third-order valence-corrected chi connectivity index (χ3v) is 8.35. The molecule has 0 spiro atoms. The number of hydrogen-bond donors (Lipinski definition) is 2. The summed E-state index contributed by atoms with van der Waals surface area (Å²) < 4.78 is 9.86. The van der Waals surface area contributed by atoms with Gasteiger partial charge in [-0.15, -0.1) is 0 Å². The number of esters is 2. The van der Waals surface area contributed by atoms with E-state index in [-0.39, 0.29) is 36.5 Å². The fourth-order valence-corrected chi connectivity index (χ4v) is 6.27. The van der Waals surface area contributed by atoms with Crippen LogP contribution in [0.4, 0.5) is 9.59 Å². The molecule has 0 aromatic heterocycles. The highest BCUT2D eigenvalue weighted by atomic mass is 16.7. The zero-order chi connectivity index (χ0) is 33.9. The number of hydrogen-bond acceptors (Lipinski definition) is 10. The number of nitrogens with two attached hydrogens (primary N) is 2. The number of nitrogens with zero attached hydrogens (tertiary/aromatic N) is 4. The van der Waals surface area contributed by atoms with Crippen molar-refractivity contribution in [1.82, 2.24) is 19.6 Å². The molecule has 0 aromatic rings. The minimum absolute atomic E-state index is 0.0965. The summed E-state index contributed by atoms with van der Waals surface area (Å²) in [5, 5.41) is 0. The van der Waals surface area contributed by atoms with Gasteiger partial charge in [0.25, 0.3) is 0 Å². The van der Waals surface area contributed by atoms with Gasteiger partial charge in [0.15, 0.2) is 0 Å². The molecule has 0 bridgehead atoms. The monoisotopic (exact) mass is 624 g/mol. The molecule has 2 aliphatic rings. The first kappa shape index (κ1) is 36.9. The van der Waals surface area contributed by atoms with Crippen molar-refractivity contribution in [2.45, 2.75) is 115 Å². The lowest BCUT2D eigenvalue weighted by Gasteiger charge is -2.46. The van der Waals surface area contributed by atoms with Gasteiger partial charge in [0, 0.05) is 63.2 Å². The van der Waals surface area contributed by atoms with Gasteiger partial charge >= 0.3 is 24.1 Å². The van der Waals surface area contributed by atoms with Crippen molar-refractivity contribution in [1.29, 1.82) is 0 Å². The van der Waals surface area contributed by atoms with Gasteiger partial charge in [-0.25, -0.2) is 19.2 Å². The SMILES string of the molecule is CN(C)C(=O)[C@H]1CC[C@H](N)[C@H](N(C(=O)OC(=O)C(=O)OC(=O)N([C@@H]2C[C@@H](C(=O)N(C)C)CC[C@@H]2N)C(C)(C)C)C(C)(C)C)C1. The van der Waals surface area contributed by atoms with E-state index in [1.165, 1.54) is 19.6 Å². The molecule has 6 atom stereocenters. The van der Waals surface area contributed by atoms with Crippen molar-refractivity contribution in [3.05, 3.63) is 0 Å². The molecular formula is C30H52N6O8. The maximum Gasteiger partial charge on any atom is 0.426 e. The Balaban J connectivity index is 2.21. The highest BCUT2D eigenvalue weighted by molar-refractivity contribution is 6.33. The zero-order valence-electron chi connectivity index (χ0n) is 27.9. The van der Waals surface area contributed by atoms with E-state index < -0.39 is 59.4 Å². The number of carbonyl (C=O) groups excluding carboxylic acids is 6. The molecule has 2 saturated carbocycles. The summed E-state index contributed by atoms with van der Waals surface area (Å²) in [7, 11) is 6.60. The first-order valence-electron chi connectivity index (χ1n) is 15.1. The summed E-state index contributed by atoms with van der Waals surface area (Å²) in [6.45, 7) is 10.3. The summed E-state index contributed by atoms with van der Waals surface area (Å²) in [5.74, 6) is -4.31. The Hall–Kier alpha value is -3.26. The van der Waals surface area contributed by atoms with Crippen molar-refractivity contribution < 1.29 is 38.2 Å². The van der Waals surface area contributed by atoms with Gasteiger partial charge in [0.1, 0.15) is 0 Å². The lowest BCUT2D eigenvalue weighted by molar-refractivity contribution is -0.162. The number of rotatable bonds is 4. The standard InChI is InChI=1S/C30H52N6O8/c1-29(2,3)35(21-15-17(11-13-19(21)31)23(37)33(7)8)27(41)43-25(39)26(40)44-28(42)36(30(4,5)6)22-16-18(12-14-20(22)32)24(38)34(9)10/h17-22H,11-16,31-32H2,1-10H3/t17-,18-,19-,20-,21+,22+/m0/s1. The molecule has 0 heterocycles. The number of ether oxygens (including phenoxy) is 2. The molecule has 0 unspecified atom stereocenters. The van der Waals surface area contributed by atoms with E-state index in [9.17, 15) is 28.8 Å². The van der Waals surface area contributed by atoms with Crippen LogP contribution in [-0.2, 0) is 28.7 Å². The molecule has 0 aliphatic heterocycles. The largest absolute Gasteiger partial charge is 0.426 e. The van der Waals surface area contributed by atoms with Gasteiger partial charge in [0.2, 0.25) is 11.8 Å². The van der Waals surface area contributed by atoms with Crippen LogP contribution in [0.3, 0.4) is 0 Å². The highest BCUT2D eigenvalue weighted by Crippen LogP contribution is 2.34. The van der Waals surface area contributed by atoms with Gasteiger partial charge in [-0.1, -0.05) is 0 Å². The second-order valence-electron chi connectivity index (χ2n) is 14.3. The second kappa shape index (κ2) is 14.2. The van der Waals surface area contributed by atoms with Crippen LogP contribution < -0.4 is 11.5 Å². The molecule has 0 radical (unpaired) electrons. The Morgan fingerprint density at radius 1 is 0.568 bits per heavy atom. The van der Waals surface area contributed by atoms with Crippen molar-refractivity contribution in [3.63, 3.8) is 0 Å². The predicted molar refractivity (Wildman–Crippen MR) is 162 cm³/mol. The smallest absolute Gasteiger partial charge is 0.367 e. The van der Waals surface area contributed by atoms with E-state index in [2.05, 4.69) is 0 Å². The Morgan fingerprint density at radius 2 is 0.864 bits per heavy atom. The van der Waals surface area contributed by atoms with Crippen LogP contribution in [0.1, 0.15) is 80.1 Å². The zero-order valence-corrected chi connectivity index (χ0v) is 27.9. The Morgan fingerprint density at radius 3 is 1.11 bits per heavy atom. The lowest BCUT2D eigenvalue weighted by atomic mass is 9.80. The first-order chi connectivity index (χ1) is 20.1. The third-order valence-electron chi connectivity index (χ3n) is 8.35. The maximum absolute atomic E-state index is 13.4. The van der Waals surface area contributed by atoms with Gasteiger partial charge in [-0.3, -0.25) is 19.4 Å². The number of amides is 4. The van der Waals surface area contributed by atoms with Crippen LogP contribution in [0, 0.1) is 11.8 Å². The molecule has 44 heavy (non-hydrogen) atoms. The van der Waals surface area contributed by atoms with E-state index in [1.807, 2.05) is 0 Å². The van der Waals surface area contributed by atoms with E-state index in [0.717, 1.165) is 0 Å². The van der Waals surface area contributed by atoms with E-state index in [4.69, 9.17) is 20.9 Å². The average Bonchev–Trinajstić information content (AvgIpc) is 2.88. The van der Waals surface area contributed by atoms with Crippen LogP contribution in [0.25, 0.3) is 0 Å². The molecule has 0 saturated heterocycles. The summed E-state index contributed by atoms with van der Waals surface area (Å²) in [5.41, 5.74) is 11.0. The van der Waals surface area contributed by atoms with Crippen molar-refractivity contribution in [3.8, 4) is 0 Å². The molecule has 2 aliphatic carbocycles. The fourth-order valence-electron chi connectivity index (χ4n) is 6.27. The van der Waals surface area contributed by atoms with Crippen molar-refractivity contribution in [2.75, 3.05) is 28.2 Å². The molecule has 4 amide bonds. The topological polar surface area (TPSA) is 186 Å². The van der Waals surface area contributed by atoms with Crippen LogP contribution in [0.2, 0.25) is 0 Å². The summed E-state index contributed by atoms with van der Waals surface area (Å²) in [6.07, 6.45) is 0.248. The normalized spacial score (nSPS) is 25.7. The van der Waals surface area contributed by atoms with Crippen LogP contribution in [-0.4, -0.2) is 119 Å². The molecule has 4 N–H and O–H groups in total. The summed E-state index contributed by atoms with van der Waals surface area (Å²) in [6, 6.07) is -2.31. The van der Waals surface area contributed by atoms with Gasteiger partial charge in [0.05, 0.1) is 12.1 Å². The molecule has 250 valence electrons. The van der Waals surface area contributed by atoms with Gasteiger partial charge in [-0.2, -0.15) is 0 Å². The van der Waals surface area contributed by atoms with Gasteiger partial charge in [-0.05, 0) is 80.1 Å². The third kappa shape index (κ3) is 8.90. The van der Waals surface area contributed by atoms with E-state index in [1.54, 1.807) is 69.7 Å². The summed E-state index contributed by atoms with van der Waals surface area (Å²) >= 11 is 0. The molecule has 2 rings (SSSR count). The molecule has 2 fully saturated rings. The highest BCUT2D eigenvalue weighted by Gasteiger charge is 2.46. The van der Waals surface area contributed by atoms with Crippen LogP contribution in [0.5, 0.6) is 0 Å². The molecule has 14 nitrogen and oxygen atoms in total. The van der Waals surface area contributed by atoms with E-state index >= 15 is 0 Å². The number of carbonyl (C=O) groups is 6. The fraction of sp³-hybridized carbons (Fsp3) is 0.800. The Bertz CT molecular complexity index is 1030. The van der Waals surface area contributed by atoms with Crippen molar-refractivity contribution >= 4 is 35.9 Å². The Kier molecular flexibility index (Phi) is 11.9. The Labute approximate surface area is 260 Å². The first-order valence-corrected chi connectivity index (χ1v) is 15.1. The van der Waals surface area contributed by atoms with Gasteiger partial charge < -0.3 is 30.7 Å². The minimum atomic E-state index is -1.68. The predicted octanol–water partition coefficient (Wildman–Crippen LogP) is 1.68. The summed E-state index contributed by atoms with van der Waals surface area (Å²) in [4.78, 5) is 83.2. The molecule has 0 aromatic carbocycles. The van der Waals surface area contributed by atoms with Crippen LogP contribution >= 0.6 is 0 Å². The average molecular weight is 625 g/mol. The minimum Gasteiger partial charge on any atom is -0.367 e. The maximum atomic E-state index is 13.4. The van der Waals surface area contributed by atoms with E-state index in [0.29, 0.717) is 25.7 Å². The molecule has 14 heteroatoms. The lowest BCUT2D eigenvalue weighted by Crippen LogP contribution is -2.61. The molecular weight excluding hydrogens is 572 g/mol. The quantitative estimate of drug-likeness (QED) is 0.265.